The zero-order valence-corrected chi connectivity index (χ0v) is 9.63. The van der Waals surface area contributed by atoms with Gasteiger partial charge in [-0.2, -0.15) is 0 Å². The van der Waals surface area contributed by atoms with Gasteiger partial charge in [-0.3, -0.25) is 0 Å². The van der Waals surface area contributed by atoms with E-state index in [1.165, 1.54) is 44.0 Å². The monoisotopic (exact) mass is 189 g/mol. The summed E-state index contributed by atoms with van der Waals surface area (Å²) < 4.78 is 0. The first-order chi connectivity index (χ1) is 6.86. The fourth-order valence-corrected chi connectivity index (χ4v) is 1.96. The van der Waals surface area contributed by atoms with Crippen LogP contribution >= 0.6 is 0 Å². The normalized spacial score (nSPS) is 18.6. The van der Waals surface area contributed by atoms with Gasteiger partial charge < -0.3 is 0 Å². The van der Waals surface area contributed by atoms with Crippen molar-refractivity contribution in [1.82, 2.24) is 0 Å². The van der Waals surface area contributed by atoms with Crippen LogP contribution in [-0.4, -0.2) is 7.28 Å². The van der Waals surface area contributed by atoms with E-state index in [1.54, 1.807) is 0 Å². The number of hydrogen-bond donors (Lipinski definition) is 0. The van der Waals surface area contributed by atoms with Crippen LogP contribution in [0.25, 0.3) is 0 Å². The minimum atomic E-state index is 0.786. The number of allylic oxidation sites excluding steroid dienone is 4. The summed E-state index contributed by atoms with van der Waals surface area (Å²) in [4.78, 5) is 0. The summed E-state index contributed by atoms with van der Waals surface area (Å²) >= 11 is 0. The van der Waals surface area contributed by atoms with Crippen LogP contribution in [0.1, 0.15) is 52.4 Å². The highest BCUT2D eigenvalue weighted by Crippen LogP contribution is 2.21. The minimum absolute atomic E-state index is 0.786. The first-order valence-electron chi connectivity index (χ1n) is 6.08. The lowest BCUT2D eigenvalue weighted by Gasteiger charge is -2.12. The molecule has 0 fully saturated rings. The molecule has 0 heterocycles. The molecule has 1 rings (SSSR count). The number of rotatable bonds is 5. The lowest BCUT2D eigenvalue weighted by Crippen LogP contribution is -2.04. The quantitative estimate of drug-likeness (QED) is 0.565. The molecule has 0 aromatic rings. The summed E-state index contributed by atoms with van der Waals surface area (Å²) in [6, 6.07) is 0. The lowest BCUT2D eigenvalue weighted by atomic mass is 9.56. The molecule has 1 atom stereocenters. The Morgan fingerprint density at radius 3 is 2.93 bits per heavy atom. The molecule has 0 amide bonds. The molecule has 0 saturated heterocycles. The van der Waals surface area contributed by atoms with Gasteiger partial charge in [0, 0.05) is 0 Å². The largest absolute Gasteiger partial charge is 0.154 e. The van der Waals surface area contributed by atoms with Crippen molar-refractivity contribution < 1.29 is 0 Å². The highest BCUT2D eigenvalue weighted by molar-refractivity contribution is 6.48. The van der Waals surface area contributed by atoms with Crippen molar-refractivity contribution in [3.8, 4) is 0 Å². The van der Waals surface area contributed by atoms with Gasteiger partial charge in [0.1, 0.15) is 0 Å². The van der Waals surface area contributed by atoms with Gasteiger partial charge in [-0.15, -0.1) is 0 Å². The summed E-state index contributed by atoms with van der Waals surface area (Å²) in [5, 5.41) is 0. The molecule has 0 N–H and O–H groups in total. The van der Waals surface area contributed by atoms with E-state index >= 15 is 0 Å². The Balaban J connectivity index is 2.43. The highest BCUT2D eigenvalue weighted by Gasteiger charge is 2.09. The molecular weight excluding hydrogens is 167 g/mol. The molecule has 0 saturated carbocycles. The second-order valence-electron chi connectivity index (χ2n) is 4.16. The van der Waals surface area contributed by atoms with Crippen molar-refractivity contribution in [2.45, 2.75) is 58.2 Å². The molecule has 0 nitrogen and oxygen atoms in total. The Labute approximate surface area is 89.7 Å². The Hall–Kier alpha value is -0.455. The molecule has 14 heavy (non-hydrogen) atoms. The summed E-state index contributed by atoms with van der Waals surface area (Å²) in [5.41, 5.74) is 1.46. The maximum absolute atomic E-state index is 2.46. The van der Waals surface area contributed by atoms with Gasteiger partial charge in [-0.1, -0.05) is 62.6 Å². The second kappa shape index (κ2) is 6.92. The molecule has 1 aliphatic carbocycles. The van der Waals surface area contributed by atoms with Crippen molar-refractivity contribution in [2.75, 3.05) is 0 Å². The van der Waals surface area contributed by atoms with E-state index in [9.17, 15) is 0 Å². The lowest BCUT2D eigenvalue weighted by molar-refractivity contribution is 0.694. The van der Waals surface area contributed by atoms with Crippen LogP contribution in [-0.2, 0) is 0 Å². The van der Waals surface area contributed by atoms with E-state index in [-0.39, 0.29) is 0 Å². The third-order valence-electron chi connectivity index (χ3n) is 2.88. The van der Waals surface area contributed by atoms with Gasteiger partial charge >= 0.3 is 0 Å². The first kappa shape index (κ1) is 11.6. The summed E-state index contributed by atoms with van der Waals surface area (Å²) in [7, 11) is 2.46. The van der Waals surface area contributed by atoms with Crippen molar-refractivity contribution in [3.05, 3.63) is 23.7 Å². The summed E-state index contributed by atoms with van der Waals surface area (Å²) in [6.07, 6.45) is 14.7. The van der Waals surface area contributed by atoms with Gasteiger partial charge in [0.05, 0.1) is 0 Å². The zero-order chi connectivity index (χ0) is 10.2. The molecule has 1 heteroatoms. The first-order valence-corrected chi connectivity index (χ1v) is 6.08. The average molecular weight is 189 g/mol. The molecule has 0 aromatic heterocycles. The molecule has 1 unspecified atom stereocenters. The molecular formula is C13H22B. The molecule has 1 aliphatic rings. The summed E-state index contributed by atoms with van der Waals surface area (Å²) in [6.45, 7) is 4.56. The zero-order valence-electron chi connectivity index (χ0n) is 9.63. The predicted molar refractivity (Wildman–Crippen MR) is 65.8 cm³/mol. The molecule has 77 valence electrons. The molecule has 0 bridgehead atoms. The SMILES string of the molecule is CCCC([B]C1=CCCCC=C1)CC. The summed E-state index contributed by atoms with van der Waals surface area (Å²) in [5.74, 6) is 0.786. The third-order valence-corrected chi connectivity index (χ3v) is 2.88. The molecule has 0 spiro atoms. The van der Waals surface area contributed by atoms with Gasteiger partial charge in [0.2, 0.25) is 0 Å². The van der Waals surface area contributed by atoms with Crippen molar-refractivity contribution >= 4 is 7.28 Å². The van der Waals surface area contributed by atoms with Gasteiger partial charge in [-0.05, 0) is 19.3 Å². The van der Waals surface area contributed by atoms with E-state index in [2.05, 4.69) is 39.4 Å². The predicted octanol–water partition coefficient (Wildman–Crippen LogP) is 4.31. The van der Waals surface area contributed by atoms with Crippen LogP contribution in [0.5, 0.6) is 0 Å². The van der Waals surface area contributed by atoms with E-state index in [4.69, 9.17) is 0 Å². The highest BCUT2D eigenvalue weighted by atomic mass is 14.0. The Morgan fingerprint density at radius 1 is 1.36 bits per heavy atom. The van der Waals surface area contributed by atoms with Crippen LogP contribution in [0.3, 0.4) is 0 Å². The molecule has 0 aromatic carbocycles. The Kier molecular flexibility index (Phi) is 5.74. The fraction of sp³-hybridized carbons (Fsp3) is 0.692. The van der Waals surface area contributed by atoms with Gasteiger partial charge in [0.25, 0.3) is 0 Å². The van der Waals surface area contributed by atoms with Crippen LogP contribution < -0.4 is 0 Å². The van der Waals surface area contributed by atoms with Crippen molar-refractivity contribution in [3.63, 3.8) is 0 Å². The van der Waals surface area contributed by atoms with Crippen LogP contribution in [0.4, 0.5) is 0 Å². The van der Waals surface area contributed by atoms with Gasteiger partial charge in [-0.25, -0.2) is 0 Å². The Bertz CT molecular complexity index is 203. The molecule has 1 radical (unpaired) electrons. The standard InChI is InChI=1S/C13H22B/c1-3-9-12(4-2)14-13-10-7-5-6-8-11-13/h7,10-12H,3-6,8-9H2,1-2H3. The Morgan fingerprint density at radius 2 is 2.21 bits per heavy atom. The minimum Gasteiger partial charge on any atom is -0.0917 e. The number of hydrogen-bond acceptors (Lipinski definition) is 0. The second-order valence-corrected chi connectivity index (χ2v) is 4.16. The van der Waals surface area contributed by atoms with Gasteiger partial charge in [0.15, 0.2) is 7.28 Å². The average Bonchev–Trinajstić information content (AvgIpc) is 2.45. The van der Waals surface area contributed by atoms with E-state index in [0.29, 0.717) is 0 Å². The van der Waals surface area contributed by atoms with Crippen molar-refractivity contribution in [2.24, 2.45) is 0 Å². The van der Waals surface area contributed by atoms with Crippen LogP contribution in [0, 0.1) is 0 Å². The van der Waals surface area contributed by atoms with Crippen LogP contribution in [0.2, 0.25) is 5.82 Å². The van der Waals surface area contributed by atoms with Crippen molar-refractivity contribution in [1.29, 1.82) is 0 Å². The van der Waals surface area contributed by atoms with E-state index < -0.39 is 0 Å². The maximum atomic E-state index is 2.46. The maximum Gasteiger partial charge on any atom is 0.154 e. The topological polar surface area (TPSA) is 0 Å². The van der Waals surface area contributed by atoms with Crippen LogP contribution in [0.15, 0.2) is 23.7 Å². The smallest absolute Gasteiger partial charge is 0.0917 e. The van der Waals surface area contributed by atoms with E-state index in [1.807, 2.05) is 0 Å². The molecule has 0 aliphatic heterocycles. The fourth-order valence-electron chi connectivity index (χ4n) is 1.96. The van der Waals surface area contributed by atoms with E-state index in [0.717, 1.165) is 5.82 Å². The third kappa shape index (κ3) is 4.17.